The molecule has 11 heteroatoms. The number of nitrogens with one attached hydrogen (secondary N) is 2. The van der Waals surface area contributed by atoms with E-state index in [-0.39, 0.29) is 54.3 Å². The van der Waals surface area contributed by atoms with Crippen LogP contribution >= 0.6 is 0 Å². The highest BCUT2D eigenvalue weighted by Crippen LogP contribution is 2.34. The van der Waals surface area contributed by atoms with Gasteiger partial charge in [0.05, 0.1) is 18.6 Å². The second kappa shape index (κ2) is 13.3. The number of anilines is 1. The van der Waals surface area contributed by atoms with Gasteiger partial charge in [-0.1, -0.05) is 13.0 Å². The number of carbonyl (C=O) groups excluding carboxylic acids is 1. The lowest BCUT2D eigenvalue weighted by molar-refractivity contribution is -0.138. The van der Waals surface area contributed by atoms with Crippen LogP contribution in [0.3, 0.4) is 0 Å². The maximum Gasteiger partial charge on any atom is 0.416 e. The molecule has 1 amide bonds. The molecule has 0 aliphatic heterocycles. The summed E-state index contributed by atoms with van der Waals surface area (Å²) < 4.78 is 73.0. The van der Waals surface area contributed by atoms with E-state index in [4.69, 9.17) is 9.84 Å². The summed E-state index contributed by atoms with van der Waals surface area (Å²) in [5, 5.41) is 14.5. The Kier molecular flexibility index (Phi) is 10.1. The van der Waals surface area contributed by atoms with E-state index < -0.39 is 29.3 Å². The molecule has 3 aromatic rings. The smallest absolute Gasteiger partial charge is 0.416 e. The van der Waals surface area contributed by atoms with Crippen LogP contribution in [0.5, 0.6) is 5.75 Å². The van der Waals surface area contributed by atoms with Gasteiger partial charge in [-0.2, -0.15) is 13.2 Å². The van der Waals surface area contributed by atoms with Gasteiger partial charge in [-0.15, -0.1) is 0 Å². The molecule has 0 fully saturated rings. The fourth-order valence-electron chi connectivity index (χ4n) is 4.07. The number of aliphatic carboxylic acids is 1. The van der Waals surface area contributed by atoms with Crippen LogP contribution in [-0.2, 0) is 11.0 Å². The van der Waals surface area contributed by atoms with Crippen LogP contribution in [-0.4, -0.2) is 36.2 Å². The van der Waals surface area contributed by atoms with Gasteiger partial charge in [0.2, 0.25) is 0 Å². The first-order valence-corrected chi connectivity index (χ1v) is 12.5. The number of hydrogen-bond acceptors (Lipinski definition) is 4. The van der Waals surface area contributed by atoms with Crippen LogP contribution < -0.4 is 15.4 Å². The Hall–Kier alpha value is -4.15. The standard InChI is InChI=1S/C29H29F5N2O4/c1-17(13-18(2)36-21-6-3-19(4-7-21)28(39)35-12-11-27(37)38)16-40-22-8-10-24(26(31)15-22)23-9-5-20(14-25(23)30)29(32,33)34/h3-10,14-15,17-18,36H,11-13,16H2,1-2H3,(H,35,39)(H,37,38)/t17-,18-/m0/s1. The van der Waals surface area contributed by atoms with E-state index in [1.807, 2.05) is 13.8 Å². The van der Waals surface area contributed by atoms with Crippen LogP contribution in [0.1, 0.15) is 42.6 Å². The summed E-state index contributed by atoms with van der Waals surface area (Å²) in [7, 11) is 0. The molecular formula is C29H29F5N2O4. The van der Waals surface area contributed by atoms with Crippen molar-refractivity contribution in [2.24, 2.45) is 5.92 Å². The predicted octanol–water partition coefficient (Wildman–Crippen LogP) is 6.76. The maximum absolute atomic E-state index is 14.7. The zero-order valence-corrected chi connectivity index (χ0v) is 21.8. The number of halogens is 5. The molecule has 0 bridgehead atoms. The fraction of sp³-hybridized carbons (Fsp3) is 0.310. The second-order valence-electron chi connectivity index (χ2n) is 9.51. The molecule has 0 aliphatic carbocycles. The van der Waals surface area contributed by atoms with Crippen molar-refractivity contribution in [1.82, 2.24) is 5.32 Å². The Morgan fingerprint density at radius 2 is 1.55 bits per heavy atom. The molecule has 214 valence electrons. The summed E-state index contributed by atoms with van der Waals surface area (Å²) in [4.78, 5) is 22.6. The number of carbonyl (C=O) groups is 2. The lowest BCUT2D eigenvalue weighted by Gasteiger charge is -2.20. The molecule has 6 nitrogen and oxygen atoms in total. The molecule has 0 unspecified atom stereocenters. The summed E-state index contributed by atoms with van der Waals surface area (Å²) >= 11 is 0. The van der Waals surface area contributed by atoms with Gasteiger partial charge in [-0.3, -0.25) is 9.59 Å². The van der Waals surface area contributed by atoms with Crippen LogP contribution in [0.15, 0.2) is 60.7 Å². The predicted molar refractivity (Wildman–Crippen MR) is 140 cm³/mol. The SMILES string of the molecule is C[C@H](COc1ccc(-c2ccc(C(F)(F)F)cc2F)c(F)c1)C[C@H](C)Nc1ccc(C(=O)NCCC(=O)O)cc1. The topological polar surface area (TPSA) is 87.7 Å². The summed E-state index contributed by atoms with van der Waals surface area (Å²) in [5.74, 6) is -3.09. The van der Waals surface area contributed by atoms with E-state index in [2.05, 4.69) is 10.6 Å². The van der Waals surface area contributed by atoms with Crippen molar-refractivity contribution in [3.8, 4) is 16.9 Å². The molecule has 3 rings (SSSR count). The fourth-order valence-corrected chi connectivity index (χ4v) is 4.07. The number of carboxylic acids is 1. The largest absolute Gasteiger partial charge is 0.493 e. The van der Waals surface area contributed by atoms with E-state index in [0.717, 1.165) is 17.8 Å². The normalized spacial score (nSPS) is 12.9. The summed E-state index contributed by atoms with van der Waals surface area (Å²) in [6.45, 7) is 4.22. The molecule has 0 radical (unpaired) electrons. The maximum atomic E-state index is 14.7. The molecule has 0 aliphatic rings. The molecule has 3 N–H and O–H groups in total. The first-order valence-electron chi connectivity index (χ1n) is 12.5. The third-order valence-corrected chi connectivity index (χ3v) is 6.00. The number of benzene rings is 3. The monoisotopic (exact) mass is 564 g/mol. The Morgan fingerprint density at radius 1 is 0.925 bits per heavy atom. The van der Waals surface area contributed by atoms with Crippen LogP contribution in [0.2, 0.25) is 0 Å². The average Bonchev–Trinajstić information content (AvgIpc) is 2.87. The molecule has 0 aromatic heterocycles. The zero-order valence-electron chi connectivity index (χ0n) is 21.8. The second-order valence-corrected chi connectivity index (χ2v) is 9.51. The molecule has 40 heavy (non-hydrogen) atoms. The summed E-state index contributed by atoms with van der Waals surface area (Å²) in [5.41, 5.74) is -0.410. The average molecular weight is 565 g/mol. The molecule has 0 spiro atoms. The van der Waals surface area contributed by atoms with E-state index in [0.29, 0.717) is 24.1 Å². The van der Waals surface area contributed by atoms with Gasteiger partial charge in [0.1, 0.15) is 17.4 Å². The highest BCUT2D eigenvalue weighted by molar-refractivity contribution is 5.94. The molecular weight excluding hydrogens is 535 g/mol. The third-order valence-electron chi connectivity index (χ3n) is 6.00. The van der Waals surface area contributed by atoms with E-state index in [1.54, 1.807) is 24.3 Å². The minimum atomic E-state index is -4.70. The van der Waals surface area contributed by atoms with Crippen molar-refractivity contribution < 1.29 is 41.4 Å². The van der Waals surface area contributed by atoms with Gasteiger partial charge in [0.15, 0.2) is 0 Å². The van der Waals surface area contributed by atoms with Crippen LogP contribution in [0, 0.1) is 17.6 Å². The highest BCUT2D eigenvalue weighted by atomic mass is 19.4. The van der Waals surface area contributed by atoms with Crippen molar-refractivity contribution in [1.29, 1.82) is 0 Å². The number of rotatable bonds is 12. The molecule has 0 saturated heterocycles. The number of alkyl halides is 3. The van der Waals surface area contributed by atoms with Gasteiger partial charge in [0, 0.05) is 41.0 Å². The van der Waals surface area contributed by atoms with Gasteiger partial charge in [0.25, 0.3) is 5.91 Å². The Labute approximate surface area is 228 Å². The van der Waals surface area contributed by atoms with E-state index >= 15 is 0 Å². The van der Waals surface area contributed by atoms with Crippen molar-refractivity contribution in [2.45, 2.75) is 38.9 Å². The van der Waals surface area contributed by atoms with Crippen molar-refractivity contribution in [3.05, 3.63) is 83.4 Å². The van der Waals surface area contributed by atoms with Gasteiger partial charge in [-0.25, -0.2) is 8.78 Å². The van der Waals surface area contributed by atoms with Crippen molar-refractivity contribution in [2.75, 3.05) is 18.5 Å². The summed E-state index contributed by atoms with van der Waals surface area (Å²) in [6, 6.07) is 12.5. The Balaban J connectivity index is 1.50. The van der Waals surface area contributed by atoms with Crippen LogP contribution in [0.4, 0.5) is 27.6 Å². The summed E-state index contributed by atoms with van der Waals surface area (Å²) in [6.07, 6.45) is -4.17. The lowest BCUT2D eigenvalue weighted by atomic mass is 10.0. The molecule has 2 atom stereocenters. The Morgan fingerprint density at radius 3 is 2.12 bits per heavy atom. The molecule has 0 saturated carbocycles. The van der Waals surface area contributed by atoms with Crippen molar-refractivity contribution in [3.63, 3.8) is 0 Å². The van der Waals surface area contributed by atoms with Gasteiger partial charge < -0.3 is 20.5 Å². The number of amides is 1. The zero-order chi connectivity index (χ0) is 29.4. The van der Waals surface area contributed by atoms with Crippen molar-refractivity contribution >= 4 is 17.6 Å². The quantitative estimate of drug-likeness (QED) is 0.212. The number of carboxylic acid groups (broad SMARTS) is 1. The van der Waals surface area contributed by atoms with E-state index in [1.165, 1.54) is 12.1 Å². The molecule has 3 aromatic carbocycles. The highest BCUT2D eigenvalue weighted by Gasteiger charge is 2.31. The van der Waals surface area contributed by atoms with Gasteiger partial charge >= 0.3 is 12.1 Å². The lowest BCUT2D eigenvalue weighted by Crippen LogP contribution is -2.26. The van der Waals surface area contributed by atoms with Crippen LogP contribution in [0.25, 0.3) is 11.1 Å². The Bertz CT molecular complexity index is 1330. The minimum absolute atomic E-state index is 0.0237. The number of ether oxygens (including phenoxy) is 1. The third kappa shape index (κ3) is 8.69. The van der Waals surface area contributed by atoms with Gasteiger partial charge in [-0.05, 0) is 67.8 Å². The first kappa shape index (κ1) is 30.4. The van der Waals surface area contributed by atoms with E-state index in [9.17, 15) is 31.5 Å². The first-order chi connectivity index (χ1) is 18.8. The minimum Gasteiger partial charge on any atom is -0.493 e. The molecule has 0 heterocycles. The number of hydrogen-bond donors (Lipinski definition) is 3.